The van der Waals surface area contributed by atoms with Crippen LogP contribution in [0.15, 0.2) is 40.4 Å². The molecule has 0 saturated carbocycles. The van der Waals surface area contributed by atoms with Gasteiger partial charge in [-0.2, -0.15) is 5.10 Å². The summed E-state index contributed by atoms with van der Waals surface area (Å²) in [5, 5.41) is 13.8. The van der Waals surface area contributed by atoms with Crippen LogP contribution in [0.25, 0.3) is 0 Å². The van der Waals surface area contributed by atoms with Gasteiger partial charge in [0, 0.05) is 62.9 Å². The van der Waals surface area contributed by atoms with Crippen molar-refractivity contribution in [1.29, 1.82) is 0 Å². The molecule has 0 radical (unpaired) electrons. The third-order valence-corrected chi connectivity index (χ3v) is 7.12. The molecule has 38 heavy (non-hydrogen) atoms. The second-order valence-corrected chi connectivity index (χ2v) is 10.5. The van der Waals surface area contributed by atoms with E-state index in [1.165, 1.54) is 18.7 Å². The number of carbonyl (C=O) groups is 2. The van der Waals surface area contributed by atoms with Crippen molar-refractivity contribution in [3.05, 3.63) is 36.0 Å². The lowest BCUT2D eigenvalue weighted by atomic mass is 9.93. The van der Waals surface area contributed by atoms with Crippen molar-refractivity contribution in [3.8, 4) is 5.75 Å². The van der Waals surface area contributed by atoms with E-state index in [4.69, 9.17) is 14.7 Å². The van der Waals surface area contributed by atoms with Crippen LogP contribution in [0, 0.1) is 12.8 Å². The maximum absolute atomic E-state index is 12.2. The van der Waals surface area contributed by atoms with Gasteiger partial charge >= 0.3 is 0 Å². The molecule has 0 atom stereocenters. The van der Waals surface area contributed by atoms with Crippen LogP contribution in [0.2, 0.25) is 0 Å². The summed E-state index contributed by atoms with van der Waals surface area (Å²) in [5.41, 5.74) is 1.65. The quantitative estimate of drug-likeness (QED) is 0.345. The van der Waals surface area contributed by atoms with E-state index in [1.54, 1.807) is 26.1 Å². The first-order chi connectivity index (χ1) is 18.2. The number of anilines is 4. The summed E-state index contributed by atoms with van der Waals surface area (Å²) in [6.45, 7) is 4.93. The Kier molecular flexibility index (Phi) is 8.72. The molecule has 3 aromatic rings. The lowest BCUT2D eigenvalue weighted by molar-refractivity contribution is -0.129. The third kappa shape index (κ3) is 6.94. The van der Waals surface area contributed by atoms with Crippen LogP contribution in [-0.4, -0.2) is 71.2 Å². The minimum Gasteiger partial charge on any atom is -0.490 e. The number of nitrogens with zero attached hydrogens (tertiary/aromatic N) is 5. The lowest BCUT2D eigenvalue weighted by Gasteiger charge is -2.34. The molecule has 0 unspecified atom stereocenters. The number of carbonyl (C=O) groups excluding carboxylic acids is 2. The van der Waals surface area contributed by atoms with Crippen LogP contribution >= 0.6 is 11.8 Å². The Balaban J connectivity index is 1.60. The molecular formula is C26H34N8O3S. The largest absolute Gasteiger partial charge is 0.490 e. The van der Waals surface area contributed by atoms with Gasteiger partial charge in [-0.1, -0.05) is 0 Å². The van der Waals surface area contributed by atoms with E-state index in [9.17, 15) is 9.59 Å². The number of amides is 2. The van der Waals surface area contributed by atoms with E-state index in [-0.39, 0.29) is 11.8 Å². The number of methoxy groups -OCH3 is 1. The smallest absolute Gasteiger partial charge is 0.222 e. The summed E-state index contributed by atoms with van der Waals surface area (Å²) in [5.74, 6) is 2.77. The summed E-state index contributed by atoms with van der Waals surface area (Å²) < 4.78 is 5.81. The summed E-state index contributed by atoms with van der Waals surface area (Å²) in [6, 6.07) is 9.42. The zero-order valence-electron chi connectivity index (χ0n) is 22.4. The number of hydrogen-bond donors (Lipinski definition) is 3. The fraction of sp³-hybridized carbons (Fsp3) is 0.423. The molecular weight excluding hydrogens is 504 g/mol. The Bertz CT molecular complexity index is 1270. The van der Waals surface area contributed by atoms with Gasteiger partial charge in [0.25, 0.3) is 0 Å². The number of aromatic nitrogens is 4. The van der Waals surface area contributed by atoms with Gasteiger partial charge in [0.1, 0.15) is 0 Å². The molecule has 1 aliphatic rings. The second-order valence-electron chi connectivity index (χ2n) is 9.50. The molecule has 2 aromatic heterocycles. The van der Waals surface area contributed by atoms with Gasteiger partial charge in [-0.05, 0) is 61.7 Å². The average Bonchev–Trinajstić information content (AvgIpc) is 3.29. The number of H-pyrrole nitrogens is 1. The first-order valence-corrected chi connectivity index (χ1v) is 13.3. The van der Waals surface area contributed by atoms with E-state index in [0.29, 0.717) is 40.7 Å². The number of nitrogens with one attached hydrogen (secondary N) is 3. The van der Waals surface area contributed by atoms with Crippen molar-refractivity contribution in [1.82, 2.24) is 25.1 Å². The Morgan fingerprint density at radius 3 is 2.47 bits per heavy atom. The van der Waals surface area contributed by atoms with Crippen LogP contribution < -0.4 is 20.3 Å². The van der Waals surface area contributed by atoms with Gasteiger partial charge < -0.3 is 25.2 Å². The zero-order chi connectivity index (χ0) is 27.2. The van der Waals surface area contributed by atoms with Crippen LogP contribution in [0.4, 0.5) is 23.1 Å². The molecule has 202 valence electrons. The van der Waals surface area contributed by atoms with Gasteiger partial charge in [-0.25, -0.2) is 9.97 Å². The average molecular weight is 539 g/mol. The highest BCUT2D eigenvalue weighted by molar-refractivity contribution is 7.99. The summed E-state index contributed by atoms with van der Waals surface area (Å²) in [6.07, 6.45) is 2.34. The first kappa shape index (κ1) is 27.2. The standard InChI is InChI=1S/C26H34N8O3S/c1-16-14-21(32-31-16)28-24-23(37-5)25(34-12-10-18(11-13-34)15-22(36)33(3)4)30-26(29-24)38-20-8-6-19(7-9-20)27-17(2)35/h6-9,14,18H,10-13,15H2,1-5H3,(H,27,35)(H2,28,29,30,31,32). The van der Waals surface area contributed by atoms with Gasteiger partial charge in [0.2, 0.25) is 17.6 Å². The molecule has 0 aliphatic carbocycles. The molecule has 1 fully saturated rings. The Labute approximate surface area is 226 Å². The van der Waals surface area contributed by atoms with Crippen LogP contribution in [0.5, 0.6) is 5.75 Å². The molecule has 4 rings (SSSR count). The monoisotopic (exact) mass is 538 g/mol. The number of rotatable bonds is 9. The third-order valence-electron chi connectivity index (χ3n) is 6.24. The van der Waals surface area contributed by atoms with Crippen LogP contribution in [0.1, 0.15) is 31.9 Å². The fourth-order valence-corrected chi connectivity index (χ4v) is 5.00. The van der Waals surface area contributed by atoms with Crippen LogP contribution in [-0.2, 0) is 9.59 Å². The van der Waals surface area contributed by atoms with E-state index < -0.39 is 0 Å². The molecule has 1 saturated heterocycles. The molecule has 12 heteroatoms. The summed E-state index contributed by atoms with van der Waals surface area (Å²) in [7, 11) is 5.20. The second kappa shape index (κ2) is 12.2. The lowest BCUT2D eigenvalue weighted by Crippen LogP contribution is -2.36. The maximum atomic E-state index is 12.2. The number of hydrogen-bond acceptors (Lipinski definition) is 9. The molecule has 0 spiro atoms. The molecule has 11 nitrogen and oxygen atoms in total. The molecule has 2 amide bonds. The molecule has 1 aliphatic heterocycles. The topological polar surface area (TPSA) is 128 Å². The van der Waals surface area contributed by atoms with Crippen molar-refractivity contribution in [2.24, 2.45) is 5.92 Å². The number of aromatic amines is 1. The van der Waals surface area contributed by atoms with Gasteiger partial charge in [0.15, 0.2) is 22.6 Å². The van der Waals surface area contributed by atoms with Gasteiger partial charge in [-0.15, -0.1) is 0 Å². The van der Waals surface area contributed by atoms with E-state index in [2.05, 4.69) is 25.7 Å². The first-order valence-electron chi connectivity index (χ1n) is 12.5. The number of aryl methyl sites for hydroxylation is 1. The fourth-order valence-electron chi connectivity index (χ4n) is 4.25. The van der Waals surface area contributed by atoms with Crippen molar-refractivity contribution >= 4 is 46.7 Å². The number of ether oxygens (including phenoxy) is 1. The molecule has 1 aromatic carbocycles. The highest BCUT2D eigenvalue weighted by Gasteiger charge is 2.27. The van der Waals surface area contributed by atoms with E-state index >= 15 is 0 Å². The highest BCUT2D eigenvalue weighted by atomic mass is 32.2. The summed E-state index contributed by atoms with van der Waals surface area (Å²) >= 11 is 1.42. The van der Waals surface area contributed by atoms with Crippen LogP contribution in [0.3, 0.4) is 0 Å². The maximum Gasteiger partial charge on any atom is 0.222 e. The van der Waals surface area contributed by atoms with Crippen molar-refractivity contribution in [2.45, 2.75) is 43.2 Å². The highest BCUT2D eigenvalue weighted by Crippen LogP contribution is 2.39. The SMILES string of the molecule is COc1c(Nc2cc(C)[nH]n2)nc(Sc2ccc(NC(C)=O)cc2)nc1N1CCC(CC(=O)N(C)C)CC1. The van der Waals surface area contributed by atoms with Gasteiger partial charge in [0.05, 0.1) is 7.11 Å². The zero-order valence-corrected chi connectivity index (χ0v) is 23.2. The van der Waals surface area contributed by atoms with Crippen molar-refractivity contribution < 1.29 is 14.3 Å². The molecule has 3 N–H and O–H groups in total. The molecule has 0 bridgehead atoms. The Hall–Kier alpha value is -3.80. The number of benzene rings is 1. The predicted octanol–water partition coefficient (Wildman–Crippen LogP) is 4.06. The molecule has 3 heterocycles. The Morgan fingerprint density at radius 2 is 1.89 bits per heavy atom. The number of piperidine rings is 1. The van der Waals surface area contributed by atoms with Gasteiger partial charge in [-0.3, -0.25) is 14.7 Å². The minimum atomic E-state index is -0.118. The van der Waals surface area contributed by atoms with Crippen molar-refractivity contribution in [2.75, 3.05) is 49.8 Å². The summed E-state index contributed by atoms with van der Waals surface area (Å²) in [4.78, 5) is 38.0. The Morgan fingerprint density at radius 1 is 1.18 bits per heavy atom. The van der Waals surface area contributed by atoms with Crippen molar-refractivity contribution in [3.63, 3.8) is 0 Å². The normalized spacial score (nSPS) is 13.8. The van der Waals surface area contributed by atoms with E-state index in [1.807, 2.05) is 37.3 Å². The van der Waals surface area contributed by atoms with E-state index in [0.717, 1.165) is 42.2 Å². The minimum absolute atomic E-state index is 0.118. The predicted molar refractivity (Wildman–Crippen MR) is 148 cm³/mol.